The van der Waals surface area contributed by atoms with Crippen LogP contribution in [0.1, 0.15) is 12.5 Å². The number of para-hydroxylation sites is 1. The lowest BCUT2D eigenvalue weighted by atomic mass is 10.1. The monoisotopic (exact) mass is 457 g/mol. The maximum absolute atomic E-state index is 13.7. The molecule has 10 heteroatoms. The molecule has 0 heterocycles. The van der Waals surface area contributed by atoms with Crippen molar-refractivity contribution >= 4 is 38.1 Å². The van der Waals surface area contributed by atoms with Gasteiger partial charge in [0.2, 0.25) is 10.0 Å². The average molecular weight is 458 g/mol. The van der Waals surface area contributed by atoms with Gasteiger partial charge < -0.3 is 10.0 Å². The Morgan fingerprint density at radius 1 is 1.03 bits per heavy atom. The quantitative estimate of drug-likeness (QED) is 0.406. The van der Waals surface area contributed by atoms with Crippen LogP contribution in [0.4, 0.5) is 11.4 Å². The standard InChI is InChI=1S/C22H23N3O6S/c1-15(22(26)27)24(14-16-8-4-5-11-19(16)25(28)29)32(30,31)21-13-7-9-17-18(21)10-6-12-20(17)23(2)3/h4-13,15H,14H2,1-3H3,(H,26,27)/t15-/m0/s1. The van der Waals surface area contributed by atoms with Gasteiger partial charge in [0, 0.05) is 48.7 Å². The van der Waals surface area contributed by atoms with Gasteiger partial charge in [-0.25, -0.2) is 8.42 Å². The minimum Gasteiger partial charge on any atom is -0.480 e. The van der Waals surface area contributed by atoms with Crippen LogP contribution in [-0.2, 0) is 21.4 Å². The molecule has 0 aliphatic heterocycles. The summed E-state index contributed by atoms with van der Waals surface area (Å²) < 4.78 is 28.3. The number of benzene rings is 3. The van der Waals surface area contributed by atoms with Crippen molar-refractivity contribution < 1.29 is 23.2 Å². The summed E-state index contributed by atoms with van der Waals surface area (Å²) >= 11 is 0. The summed E-state index contributed by atoms with van der Waals surface area (Å²) in [5.41, 5.74) is 0.623. The molecule has 0 fully saturated rings. The summed E-state index contributed by atoms with van der Waals surface area (Å²) in [6, 6.07) is 14.3. The minimum atomic E-state index is -4.34. The van der Waals surface area contributed by atoms with Gasteiger partial charge in [-0.05, 0) is 19.1 Å². The number of carboxylic acid groups (broad SMARTS) is 1. The van der Waals surface area contributed by atoms with Gasteiger partial charge in [-0.15, -0.1) is 0 Å². The van der Waals surface area contributed by atoms with Crippen LogP contribution in [0, 0.1) is 10.1 Å². The summed E-state index contributed by atoms with van der Waals surface area (Å²) in [7, 11) is -0.670. The number of hydrogen-bond donors (Lipinski definition) is 1. The highest BCUT2D eigenvalue weighted by atomic mass is 32.2. The number of rotatable bonds is 8. The number of carbonyl (C=O) groups is 1. The number of anilines is 1. The smallest absolute Gasteiger partial charge is 0.321 e. The molecule has 0 saturated carbocycles. The zero-order valence-electron chi connectivity index (χ0n) is 17.8. The summed E-state index contributed by atoms with van der Waals surface area (Å²) in [6.45, 7) is 0.780. The Hall–Kier alpha value is -3.50. The van der Waals surface area contributed by atoms with Gasteiger partial charge in [-0.3, -0.25) is 14.9 Å². The van der Waals surface area contributed by atoms with E-state index < -0.39 is 33.5 Å². The Kier molecular flexibility index (Phi) is 6.47. The number of aliphatic carboxylic acids is 1. The summed E-state index contributed by atoms with van der Waals surface area (Å²) in [6.07, 6.45) is 0. The van der Waals surface area contributed by atoms with Crippen molar-refractivity contribution in [1.82, 2.24) is 4.31 Å². The maximum atomic E-state index is 13.7. The molecular weight excluding hydrogens is 434 g/mol. The molecule has 3 aromatic rings. The van der Waals surface area contributed by atoms with Crippen molar-refractivity contribution in [1.29, 1.82) is 0 Å². The fourth-order valence-corrected chi connectivity index (χ4v) is 5.32. The third-order valence-electron chi connectivity index (χ3n) is 5.23. The zero-order chi connectivity index (χ0) is 23.6. The molecule has 168 valence electrons. The van der Waals surface area contributed by atoms with Crippen LogP contribution in [0.2, 0.25) is 0 Å². The highest BCUT2D eigenvalue weighted by Crippen LogP contribution is 2.33. The molecule has 1 atom stereocenters. The summed E-state index contributed by atoms with van der Waals surface area (Å²) in [5.74, 6) is -1.36. The zero-order valence-corrected chi connectivity index (χ0v) is 18.6. The van der Waals surface area contributed by atoms with Crippen LogP contribution in [-0.4, -0.2) is 48.9 Å². The molecule has 0 radical (unpaired) electrons. The van der Waals surface area contributed by atoms with Gasteiger partial charge in [0.25, 0.3) is 5.69 Å². The van der Waals surface area contributed by atoms with Crippen LogP contribution < -0.4 is 4.90 Å². The number of nitro benzene ring substituents is 1. The summed E-state index contributed by atoms with van der Waals surface area (Å²) in [4.78, 5) is 24.4. The van der Waals surface area contributed by atoms with Crippen molar-refractivity contribution in [3.63, 3.8) is 0 Å². The van der Waals surface area contributed by atoms with Crippen molar-refractivity contribution in [3.05, 3.63) is 76.3 Å². The molecule has 32 heavy (non-hydrogen) atoms. The number of carboxylic acids is 1. The molecule has 0 amide bonds. The normalized spacial score (nSPS) is 12.6. The maximum Gasteiger partial charge on any atom is 0.321 e. The van der Waals surface area contributed by atoms with Gasteiger partial charge in [-0.2, -0.15) is 4.31 Å². The van der Waals surface area contributed by atoms with Gasteiger partial charge >= 0.3 is 5.97 Å². The van der Waals surface area contributed by atoms with Crippen molar-refractivity contribution in [2.45, 2.75) is 24.4 Å². The molecule has 9 nitrogen and oxygen atoms in total. The van der Waals surface area contributed by atoms with E-state index >= 15 is 0 Å². The molecule has 0 aliphatic carbocycles. The Morgan fingerprint density at radius 2 is 1.66 bits per heavy atom. The average Bonchev–Trinajstić information content (AvgIpc) is 2.75. The predicted octanol–water partition coefficient (Wildman–Crippen LogP) is 3.48. The molecule has 0 unspecified atom stereocenters. The van der Waals surface area contributed by atoms with Gasteiger partial charge in [0.15, 0.2) is 0 Å². The molecule has 3 rings (SSSR count). The number of sulfonamides is 1. The van der Waals surface area contributed by atoms with E-state index in [1.807, 2.05) is 25.1 Å². The minimum absolute atomic E-state index is 0.0645. The Labute approximate surface area is 185 Å². The third kappa shape index (κ3) is 4.27. The lowest BCUT2D eigenvalue weighted by Gasteiger charge is -2.26. The number of nitrogens with zero attached hydrogens (tertiary/aromatic N) is 3. The first-order valence-electron chi connectivity index (χ1n) is 9.71. The Morgan fingerprint density at radius 3 is 2.28 bits per heavy atom. The molecule has 0 aromatic heterocycles. The molecular formula is C22H23N3O6S. The van der Waals surface area contributed by atoms with Gasteiger partial charge in [0.1, 0.15) is 6.04 Å². The highest BCUT2D eigenvalue weighted by molar-refractivity contribution is 7.89. The van der Waals surface area contributed by atoms with E-state index in [9.17, 15) is 28.4 Å². The lowest BCUT2D eigenvalue weighted by molar-refractivity contribution is -0.385. The molecule has 0 saturated heterocycles. The molecule has 3 aromatic carbocycles. The largest absolute Gasteiger partial charge is 0.480 e. The fraction of sp³-hybridized carbons (Fsp3) is 0.227. The topological polar surface area (TPSA) is 121 Å². The van der Waals surface area contributed by atoms with E-state index in [2.05, 4.69) is 0 Å². The van der Waals surface area contributed by atoms with E-state index in [-0.39, 0.29) is 16.1 Å². The first kappa shape index (κ1) is 23.2. The number of nitro groups is 1. The van der Waals surface area contributed by atoms with Crippen LogP contribution in [0.5, 0.6) is 0 Å². The van der Waals surface area contributed by atoms with Crippen molar-refractivity contribution in [3.8, 4) is 0 Å². The van der Waals surface area contributed by atoms with E-state index in [0.29, 0.717) is 10.8 Å². The van der Waals surface area contributed by atoms with Crippen molar-refractivity contribution in [2.75, 3.05) is 19.0 Å². The second-order valence-electron chi connectivity index (χ2n) is 7.47. The van der Waals surface area contributed by atoms with Gasteiger partial charge in [-0.1, -0.05) is 42.5 Å². The van der Waals surface area contributed by atoms with Crippen LogP contribution in [0.3, 0.4) is 0 Å². The Balaban J connectivity index is 2.21. The van der Waals surface area contributed by atoms with E-state index in [4.69, 9.17) is 0 Å². The van der Waals surface area contributed by atoms with E-state index in [1.54, 1.807) is 30.3 Å². The number of fused-ring (bicyclic) bond motifs is 1. The van der Waals surface area contributed by atoms with Crippen LogP contribution in [0.25, 0.3) is 10.8 Å². The fourth-order valence-electron chi connectivity index (χ4n) is 3.55. The van der Waals surface area contributed by atoms with E-state index in [1.165, 1.54) is 31.2 Å². The second kappa shape index (κ2) is 8.93. The molecule has 0 bridgehead atoms. The van der Waals surface area contributed by atoms with Gasteiger partial charge in [0.05, 0.1) is 9.82 Å². The third-order valence-corrected chi connectivity index (χ3v) is 7.21. The Bertz CT molecular complexity index is 1290. The van der Waals surface area contributed by atoms with Crippen LogP contribution >= 0.6 is 0 Å². The van der Waals surface area contributed by atoms with Crippen LogP contribution in [0.15, 0.2) is 65.6 Å². The SMILES string of the molecule is C[C@@H](C(=O)O)N(Cc1ccccc1[N+](=O)[O-])S(=O)(=O)c1cccc2c(N(C)C)cccc12. The highest BCUT2D eigenvalue weighted by Gasteiger charge is 2.35. The molecule has 0 aliphatic rings. The second-order valence-corrected chi connectivity index (χ2v) is 9.33. The molecule has 0 spiro atoms. The van der Waals surface area contributed by atoms with Crippen molar-refractivity contribution in [2.24, 2.45) is 0 Å². The van der Waals surface area contributed by atoms with E-state index in [0.717, 1.165) is 9.99 Å². The molecule has 1 N–H and O–H groups in total. The first-order chi connectivity index (χ1) is 15.1. The number of hydrogen-bond acceptors (Lipinski definition) is 6. The predicted molar refractivity (Wildman–Crippen MR) is 121 cm³/mol. The summed E-state index contributed by atoms with van der Waals surface area (Å²) in [5, 5.41) is 22.1. The first-order valence-corrected chi connectivity index (χ1v) is 11.2. The lowest BCUT2D eigenvalue weighted by Crippen LogP contribution is -2.42.